The second-order valence-corrected chi connectivity index (χ2v) is 9.37. The minimum atomic E-state index is -0.566. The molecule has 1 amide bonds. The van der Waals surface area contributed by atoms with Gasteiger partial charge in [0.15, 0.2) is 0 Å². The van der Waals surface area contributed by atoms with Crippen molar-refractivity contribution in [3.05, 3.63) is 40.2 Å². The molecule has 6 rings (SSSR count). The summed E-state index contributed by atoms with van der Waals surface area (Å²) < 4.78 is 7.11. The molecule has 4 aliphatic rings. The molecular formula is C21H25N5O4. The van der Waals surface area contributed by atoms with Crippen LogP contribution in [0.1, 0.15) is 44.1 Å². The summed E-state index contributed by atoms with van der Waals surface area (Å²) in [5.74, 6) is 1.10. The highest BCUT2D eigenvalue weighted by Gasteiger charge is 2.62. The van der Waals surface area contributed by atoms with Crippen molar-refractivity contribution in [2.45, 2.75) is 51.0 Å². The number of methoxy groups -OCH3 is 1. The highest BCUT2D eigenvalue weighted by Crippen LogP contribution is 2.64. The molecule has 4 saturated carbocycles. The number of aromatic nitrogens is 3. The van der Waals surface area contributed by atoms with Crippen molar-refractivity contribution in [3.63, 3.8) is 0 Å². The van der Waals surface area contributed by atoms with Gasteiger partial charge in [0.2, 0.25) is 12.2 Å². The summed E-state index contributed by atoms with van der Waals surface area (Å²) >= 11 is 0. The molecule has 0 saturated heterocycles. The number of rotatable bonds is 5. The van der Waals surface area contributed by atoms with E-state index in [2.05, 4.69) is 15.4 Å². The van der Waals surface area contributed by atoms with Gasteiger partial charge in [0.05, 0.1) is 23.8 Å². The smallest absolute Gasteiger partial charge is 0.490 e. The number of benzene rings is 1. The van der Waals surface area contributed by atoms with Crippen LogP contribution in [-0.2, 0) is 10.3 Å². The van der Waals surface area contributed by atoms with Crippen LogP contribution in [0.3, 0.4) is 0 Å². The van der Waals surface area contributed by atoms with Crippen molar-refractivity contribution < 1.29 is 14.5 Å². The number of ether oxygens (including phenoxy) is 1. The van der Waals surface area contributed by atoms with Crippen molar-refractivity contribution >= 4 is 17.5 Å². The highest BCUT2D eigenvalue weighted by atomic mass is 16.6. The molecule has 2 unspecified atom stereocenters. The molecule has 4 fully saturated rings. The summed E-state index contributed by atoms with van der Waals surface area (Å²) in [5.41, 5.74) is 0.852. The number of carbonyl (C=O) groups excluding carboxylic acids is 1. The Bertz CT molecular complexity index is 1020. The second kappa shape index (κ2) is 6.52. The number of hydrogen-bond donors (Lipinski definition) is 1. The lowest BCUT2D eigenvalue weighted by Gasteiger charge is -2.60. The molecule has 30 heavy (non-hydrogen) atoms. The molecule has 4 bridgehead atoms. The van der Waals surface area contributed by atoms with Crippen molar-refractivity contribution in [1.29, 1.82) is 0 Å². The molecule has 1 aromatic heterocycles. The van der Waals surface area contributed by atoms with E-state index >= 15 is 0 Å². The molecular weight excluding hydrogens is 386 g/mol. The number of aryl methyl sites for hydroxylation is 1. The van der Waals surface area contributed by atoms with Crippen LogP contribution in [0.15, 0.2) is 24.5 Å². The Labute approximate surface area is 174 Å². The molecule has 158 valence electrons. The lowest BCUT2D eigenvalue weighted by Crippen LogP contribution is -2.60. The van der Waals surface area contributed by atoms with Gasteiger partial charge in [-0.15, -0.1) is 0 Å². The fourth-order valence-electron chi connectivity index (χ4n) is 6.49. The SMILES string of the molecule is COc1ccc(C)cc1NC(=O)C12C[C@H]3C[C@@H](C1)CC(n1cnc([N+](=O)[O-])n1)(C3)C2. The first kappa shape index (κ1) is 19.0. The Morgan fingerprint density at radius 2 is 2.03 bits per heavy atom. The lowest BCUT2D eigenvalue weighted by molar-refractivity contribution is -0.394. The zero-order valence-electron chi connectivity index (χ0n) is 17.1. The van der Waals surface area contributed by atoms with E-state index in [9.17, 15) is 14.9 Å². The number of anilines is 1. The van der Waals surface area contributed by atoms with Gasteiger partial charge >= 0.3 is 5.95 Å². The van der Waals surface area contributed by atoms with Crippen molar-refractivity contribution in [2.24, 2.45) is 17.3 Å². The predicted octanol–water partition coefficient (Wildman–Crippen LogP) is 3.44. The third-order valence-electron chi connectivity index (χ3n) is 7.24. The zero-order chi connectivity index (χ0) is 21.1. The topological polar surface area (TPSA) is 112 Å². The van der Waals surface area contributed by atoms with E-state index in [1.165, 1.54) is 6.33 Å². The van der Waals surface area contributed by atoms with Gasteiger partial charge in [0, 0.05) is 5.10 Å². The average Bonchev–Trinajstić information content (AvgIpc) is 3.19. The molecule has 0 spiro atoms. The molecule has 0 radical (unpaired) electrons. The maximum Gasteiger partial charge on any atom is 0.490 e. The lowest BCUT2D eigenvalue weighted by atomic mass is 9.46. The fourth-order valence-corrected chi connectivity index (χ4v) is 6.49. The molecule has 4 atom stereocenters. The molecule has 0 aliphatic heterocycles. The highest BCUT2D eigenvalue weighted by molar-refractivity contribution is 5.97. The van der Waals surface area contributed by atoms with Gasteiger partial charge in [-0.3, -0.25) is 4.79 Å². The second-order valence-electron chi connectivity index (χ2n) is 9.37. The number of hydrogen-bond acceptors (Lipinski definition) is 6. The van der Waals surface area contributed by atoms with Crippen molar-refractivity contribution in [1.82, 2.24) is 14.8 Å². The van der Waals surface area contributed by atoms with Gasteiger partial charge in [-0.1, -0.05) is 11.1 Å². The van der Waals surface area contributed by atoms with Crippen LogP contribution < -0.4 is 10.1 Å². The maximum atomic E-state index is 13.6. The van der Waals surface area contributed by atoms with Crippen LogP contribution >= 0.6 is 0 Å². The van der Waals surface area contributed by atoms with E-state index < -0.39 is 10.3 Å². The number of carbonyl (C=O) groups is 1. The first-order valence-corrected chi connectivity index (χ1v) is 10.4. The fraction of sp³-hybridized carbons (Fsp3) is 0.571. The number of nitro groups is 1. The third kappa shape index (κ3) is 2.86. The van der Waals surface area contributed by atoms with Gasteiger partial charge in [0.1, 0.15) is 5.75 Å². The zero-order valence-corrected chi connectivity index (χ0v) is 17.1. The minimum Gasteiger partial charge on any atom is -0.495 e. The Kier molecular flexibility index (Phi) is 4.13. The normalized spacial score (nSPS) is 31.5. The molecule has 1 heterocycles. The van der Waals surface area contributed by atoms with Crippen LogP contribution in [-0.4, -0.2) is 32.7 Å². The molecule has 4 aliphatic carbocycles. The Morgan fingerprint density at radius 1 is 1.30 bits per heavy atom. The summed E-state index contributed by atoms with van der Waals surface area (Å²) in [6, 6.07) is 5.74. The van der Waals surface area contributed by atoms with Crippen molar-refractivity contribution in [2.75, 3.05) is 12.4 Å². The van der Waals surface area contributed by atoms with Crippen LogP contribution in [0.4, 0.5) is 11.6 Å². The van der Waals surface area contributed by atoms with Gasteiger partial charge < -0.3 is 20.2 Å². The van der Waals surface area contributed by atoms with Crippen LogP contribution in [0.2, 0.25) is 0 Å². The Morgan fingerprint density at radius 3 is 2.67 bits per heavy atom. The summed E-state index contributed by atoms with van der Waals surface area (Å²) in [7, 11) is 1.59. The maximum absolute atomic E-state index is 13.6. The van der Waals surface area contributed by atoms with E-state index in [0.717, 1.165) is 37.7 Å². The predicted molar refractivity (Wildman–Crippen MR) is 108 cm³/mol. The van der Waals surface area contributed by atoms with Crippen molar-refractivity contribution in [3.8, 4) is 5.75 Å². The van der Waals surface area contributed by atoms with E-state index in [4.69, 9.17) is 4.74 Å². The minimum absolute atomic E-state index is 0.0134. The van der Waals surface area contributed by atoms with E-state index in [1.807, 2.05) is 25.1 Å². The first-order chi connectivity index (χ1) is 14.3. The standard InChI is InChI=1S/C21H25N5O4/c1-13-3-4-17(30-2)16(5-13)23-18(27)20-7-14-6-15(8-20)10-21(9-14,11-20)25-12-22-19(24-25)26(28)29/h3-5,12,14-15H,6-11H2,1-2H3,(H,23,27)/t14-,15+,20?,21?. The molecule has 2 aromatic rings. The first-order valence-electron chi connectivity index (χ1n) is 10.4. The van der Waals surface area contributed by atoms with Crippen LogP contribution in [0.25, 0.3) is 0 Å². The number of amides is 1. The molecule has 1 N–H and O–H groups in total. The molecule has 9 heteroatoms. The van der Waals surface area contributed by atoms with Crippen LogP contribution in [0, 0.1) is 34.3 Å². The largest absolute Gasteiger partial charge is 0.495 e. The summed E-state index contributed by atoms with van der Waals surface area (Å²) in [5, 5.41) is 18.4. The number of nitrogens with zero attached hydrogens (tertiary/aromatic N) is 4. The third-order valence-corrected chi connectivity index (χ3v) is 7.24. The quantitative estimate of drug-likeness (QED) is 0.596. The van der Waals surface area contributed by atoms with Crippen LogP contribution in [0.5, 0.6) is 5.75 Å². The molecule has 1 aromatic carbocycles. The summed E-state index contributed by atoms with van der Waals surface area (Å²) in [6.07, 6.45) is 6.71. The summed E-state index contributed by atoms with van der Waals surface area (Å²) in [6.45, 7) is 1.98. The van der Waals surface area contributed by atoms with E-state index in [1.54, 1.807) is 11.8 Å². The van der Waals surface area contributed by atoms with Gasteiger partial charge in [-0.05, 0) is 79.9 Å². The van der Waals surface area contributed by atoms with Gasteiger partial charge in [-0.2, -0.15) is 4.68 Å². The summed E-state index contributed by atoms with van der Waals surface area (Å²) in [4.78, 5) is 28.0. The average molecular weight is 411 g/mol. The number of nitrogens with one attached hydrogen (secondary N) is 1. The van der Waals surface area contributed by atoms with Gasteiger partial charge in [-0.25, -0.2) is 0 Å². The van der Waals surface area contributed by atoms with Gasteiger partial charge in [0.25, 0.3) is 0 Å². The van der Waals surface area contributed by atoms with E-state index in [0.29, 0.717) is 29.7 Å². The van der Waals surface area contributed by atoms with E-state index in [-0.39, 0.29) is 17.4 Å². The Hall–Kier alpha value is -2.97. The molecule has 9 nitrogen and oxygen atoms in total. The Balaban J connectivity index is 1.47. The monoisotopic (exact) mass is 411 g/mol.